The number of esters is 1. The first kappa shape index (κ1) is 21.5. The maximum absolute atomic E-state index is 12.4. The van der Waals surface area contributed by atoms with Crippen LogP contribution in [0.25, 0.3) is 6.08 Å². The van der Waals surface area contributed by atoms with Crippen LogP contribution in [0.5, 0.6) is 5.75 Å². The summed E-state index contributed by atoms with van der Waals surface area (Å²) in [7, 11) is 1.58. The number of ether oxygens (including phenoxy) is 2. The number of aryl methyl sites for hydroxylation is 2. The monoisotopic (exact) mass is 447 g/mol. The summed E-state index contributed by atoms with van der Waals surface area (Å²) < 4.78 is 10.4. The molecule has 0 saturated heterocycles. The Balaban J connectivity index is 1.62. The smallest absolute Gasteiger partial charge is 0.363 e. The minimum Gasteiger partial charge on any atom is -0.497 e. The standard InChI is InChI=1S/C24H21N3O4S/c1-14-5-8-19(11-15(14)2)27(16(3)28)24-25-18(13-32-24)12-21-23(29)31-22(26-21)17-6-9-20(30-4)10-7-17/h5-13H,1-4H3/b21-12+. The number of nitrogens with zero attached hydrogens (tertiary/aromatic N) is 3. The van der Waals surface area contributed by atoms with Crippen molar-refractivity contribution >= 4 is 46.0 Å². The van der Waals surface area contributed by atoms with E-state index in [1.165, 1.54) is 18.3 Å². The van der Waals surface area contributed by atoms with Gasteiger partial charge in [-0.1, -0.05) is 6.07 Å². The summed E-state index contributed by atoms with van der Waals surface area (Å²) in [6, 6.07) is 12.9. The number of thiazole rings is 1. The molecule has 0 N–H and O–H groups in total. The van der Waals surface area contributed by atoms with Crippen molar-refractivity contribution in [3.8, 4) is 5.75 Å². The number of aromatic nitrogens is 1. The van der Waals surface area contributed by atoms with Crippen LogP contribution >= 0.6 is 11.3 Å². The summed E-state index contributed by atoms with van der Waals surface area (Å²) in [4.78, 5) is 35.1. The molecule has 0 radical (unpaired) electrons. The zero-order valence-electron chi connectivity index (χ0n) is 18.1. The predicted molar refractivity (Wildman–Crippen MR) is 124 cm³/mol. The lowest BCUT2D eigenvalue weighted by molar-refractivity contribution is -0.130. The molecule has 0 fully saturated rings. The molecule has 2 aromatic carbocycles. The molecule has 162 valence electrons. The SMILES string of the molecule is COc1ccc(C2=N/C(=C/c3csc(N(C(C)=O)c4ccc(C)c(C)c4)n3)C(=O)O2)cc1. The van der Waals surface area contributed by atoms with Gasteiger partial charge in [0.1, 0.15) is 5.75 Å². The van der Waals surface area contributed by atoms with Gasteiger partial charge in [-0.05, 0) is 67.4 Å². The molecule has 0 saturated carbocycles. The first-order chi connectivity index (χ1) is 15.4. The summed E-state index contributed by atoms with van der Waals surface area (Å²) in [5.41, 5.74) is 4.31. The van der Waals surface area contributed by atoms with E-state index in [-0.39, 0.29) is 17.5 Å². The fourth-order valence-electron chi connectivity index (χ4n) is 3.14. The summed E-state index contributed by atoms with van der Waals surface area (Å²) in [6.45, 7) is 5.51. The van der Waals surface area contributed by atoms with Crippen molar-refractivity contribution in [1.82, 2.24) is 4.98 Å². The van der Waals surface area contributed by atoms with Crippen molar-refractivity contribution in [3.63, 3.8) is 0 Å². The van der Waals surface area contributed by atoms with E-state index >= 15 is 0 Å². The molecule has 0 spiro atoms. The third kappa shape index (κ3) is 4.31. The topological polar surface area (TPSA) is 81.1 Å². The fraction of sp³-hybridized carbons (Fsp3) is 0.167. The molecule has 32 heavy (non-hydrogen) atoms. The van der Waals surface area contributed by atoms with Gasteiger partial charge in [-0.2, -0.15) is 0 Å². The quantitative estimate of drug-likeness (QED) is 0.415. The molecule has 3 aromatic rings. The van der Waals surface area contributed by atoms with Crippen LogP contribution in [-0.2, 0) is 14.3 Å². The number of rotatable bonds is 5. The van der Waals surface area contributed by atoms with Crippen molar-refractivity contribution < 1.29 is 19.1 Å². The second kappa shape index (κ2) is 8.76. The van der Waals surface area contributed by atoms with E-state index in [1.54, 1.807) is 47.7 Å². The third-order valence-corrected chi connectivity index (χ3v) is 5.85. The van der Waals surface area contributed by atoms with Gasteiger partial charge in [-0.15, -0.1) is 11.3 Å². The molecule has 8 heteroatoms. The van der Waals surface area contributed by atoms with Gasteiger partial charge < -0.3 is 9.47 Å². The number of carbonyl (C=O) groups is 2. The maximum Gasteiger partial charge on any atom is 0.363 e. The number of hydrogen-bond acceptors (Lipinski definition) is 7. The van der Waals surface area contributed by atoms with Crippen molar-refractivity contribution in [2.75, 3.05) is 12.0 Å². The van der Waals surface area contributed by atoms with Gasteiger partial charge in [0.05, 0.1) is 18.5 Å². The van der Waals surface area contributed by atoms with Crippen molar-refractivity contribution in [2.45, 2.75) is 20.8 Å². The second-order valence-corrected chi connectivity index (χ2v) is 8.08. The average Bonchev–Trinajstić information content (AvgIpc) is 3.37. The highest BCUT2D eigenvalue weighted by atomic mass is 32.1. The third-order valence-electron chi connectivity index (χ3n) is 5.01. The predicted octanol–water partition coefficient (Wildman–Crippen LogP) is 4.80. The molecule has 1 aliphatic heterocycles. The summed E-state index contributed by atoms with van der Waals surface area (Å²) in [5, 5.41) is 2.28. The van der Waals surface area contributed by atoms with Crippen molar-refractivity contribution in [1.29, 1.82) is 0 Å². The molecule has 1 amide bonds. The Morgan fingerprint density at radius 1 is 1.12 bits per heavy atom. The summed E-state index contributed by atoms with van der Waals surface area (Å²) in [6.07, 6.45) is 1.55. The summed E-state index contributed by atoms with van der Waals surface area (Å²) in [5.74, 6) is 0.216. The minimum absolute atomic E-state index is 0.147. The molecule has 1 aliphatic rings. The van der Waals surface area contributed by atoms with Crippen molar-refractivity contribution in [3.05, 3.63) is 75.9 Å². The number of methoxy groups -OCH3 is 1. The number of amides is 1. The Morgan fingerprint density at radius 3 is 2.53 bits per heavy atom. The van der Waals surface area contributed by atoms with Gasteiger partial charge in [0.15, 0.2) is 10.8 Å². The lowest BCUT2D eigenvalue weighted by atomic mass is 10.1. The number of anilines is 2. The molecule has 0 bridgehead atoms. The van der Waals surface area contributed by atoms with Crippen LogP contribution in [0.15, 0.2) is 58.5 Å². The van der Waals surface area contributed by atoms with E-state index in [9.17, 15) is 9.59 Å². The molecular weight excluding hydrogens is 426 g/mol. The van der Waals surface area contributed by atoms with Crippen LogP contribution in [0.1, 0.15) is 29.3 Å². The Kier molecular flexibility index (Phi) is 5.87. The van der Waals surface area contributed by atoms with E-state index < -0.39 is 5.97 Å². The zero-order valence-corrected chi connectivity index (χ0v) is 18.9. The average molecular weight is 448 g/mol. The number of aliphatic imine (C=N–C) groups is 1. The van der Waals surface area contributed by atoms with Crippen LogP contribution in [0.2, 0.25) is 0 Å². The van der Waals surface area contributed by atoms with Gasteiger partial charge in [0.25, 0.3) is 0 Å². The van der Waals surface area contributed by atoms with Crippen LogP contribution in [0.3, 0.4) is 0 Å². The van der Waals surface area contributed by atoms with E-state index in [1.807, 2.05) is 32.0 Å². The Labute approximate surface area is 189 Å². The molecule has 2 heterocycles. The summed E-state index contributed by atoms with van der Waals surface area (Å²) >= 11 is 1.31. The zero-order chi connectivity index (χ0) is 22.8. The van der Waals surface area contributed by atoms with Gasteiger partial charge >= 0.3 is 5.97 Å². The largest absolute Gasteiger partial charge is 0.497 e. The van der Waals surface area contributed by atoms with Gasteiger partial charge in [0, 0.05) is 17.9 Å². The van der Waals surface area contributed by atoms with Crippen LogP contribution in [0, 0.1) is 13.8 Å². The molecule has 7 nitrogen and oxygen atoms in total. The number of carbonyl (C=O) groups excluding carboxylic acids is 2. The normalized spacial score (nSPS) is 14.3. The van der Waals surface area contributed by atoms with Crippen LogP contribution in [-0.4, -0.2) is 29.9 Å². The van der Waals surface area contributed by atoms with Crippen LogP contribution < -0.4 is 9.64 Å². The first-order valence-corrected chi connectivity index (χ1v) is 10.7. The van der Waals surface area contributed by atoms with E-state index in [0.29, 0.717) is 22.1 Å². The highest BCUT2D eigenvalue weighted by molar-refractivity contribution is 7.14. The van der Waals surface area contributed by atoms with Gasteiger partial charge in [-0.25, -0.2) is 14.8 Å². The van der Waals surface area contributed by atoms with E-state index in [2.05, 4.69) is 9.98 Å². The number of benzene rings is 2. The fourth-order valence-corrected chi connectivity index (χ4v) is 3.99. The second-order valence-electron chi connectivity index (χ2n) is 7.24. The highest BCUT2D eigenvalue weighted by Gasteiger charge is 2.25. The number of cyclic esters (lactones) is 1. The molecule has 4 rings (SSSR count). The van der Waals surface area contributed by atoms with Crippen LogP contribution in [0.4, 0.5) is 10.8 Å². The van der Waals surface area contributed by atoms with Gasteiger partial charge in [-0.3, -0.25) is 9.69 Å². The maximum atomic E-state index is 12.4. The van der Waals surface area contributed by atoms with E-state index in [4.69, 9.17) is 9.47 Å². The molecule has 0 aliphatic carbocycles. The molecule has 0 unspecified atom stereocenters. The highest BCUT2D eigenvalue weighted by Crippen LogP contribution is 2.31. The van der Waals surface area contributed by atoms with E-state index in [0.717, 1.165) is 16.8 Å². The lowest BCUT2D eigenvalue weighted by Gasteiger charge is -2.19. The Hall–Kier alpha value is -3.78. The Bertz CT molecular complexity index is 1260. The van der Waals surface area contributed by atoms with Crippen molar-refractivity contribution in [2.24, 2.45) is 4.99 Å². The molecule has 1 aromatic heterocycles. The minimum atomic E-state index is -0.553. The first-order valence-electron chi connectivity index (χ1n) is 9.86. The lowest BCUT2D eigenvalue weighted by Crippen LogP contribution is -2.22. The molecule has 0 atom stereocenters. The molecular formula is C24H21N3O4S. The number of hydrogen-bond donors (Lipinski definition) is 0. The van der Waals surface area contributed by atoms with Gasteiger partial charge in [0.2, 0.25) is 11.8 Å². The Morgan fingerprint density at radius 2 is 1.88 bits per heavy atom.